The second-order valence-corrected chi connectivity index (χ2v) is 8.29. The minimum Gasteiger partial charge on any atom is -0.508 e. The minimum atomic E-state index is -4.19. The van der Waals surface area contributed by atoms with Crippen molar-refractivity contribution in [1.82, 2.24) is 0 Å². The van der Waals surface area contributed by atoms with Crippen molar-refractivity contribution >= 4 is 37.2 Å². The van der Waals surface area contributed by atoms with Crippen LogP contribution in [0, 0.1) is 13.8 Å². The Balaban J connectivity index is 0.00000338. The topological polar surface area (TPSA) is 87.0 Å². The van der Waals surface area contributed by atoms with Gasteiger partial charge in [0.1, 0.15) is 11.5 Å². The van der Waals surface area contributed by atoms with E-state index >= 15 is 0 Å². The third kappa shape index (κ3) is 6.41. The van der Waals surface area contributed by atoms with Crippen LogP contribution >= 0.6 is 7.60 Å². The number of hydrogen-bond donors (Lipinski definition) is 3. The van der Waals surface area contributed by atoms with Gasteiger partial charge in [0.25, 0.3) is 0 Å². The number of phenols is 1. The van der Waals surface area contributed by atoms with Gasteiger partial charge in [-0.2, -0.15) is 0 Å². The monoisotopic (exact) mass is 387 g/mol. The van der Waals surface area contributed by atoms with E-state index < -0.39 is 13.9 Å². The molecule has 0 spiro atoms. The summed E-state index contributed by atoms with van der Waals surface area (Å²) in [7, 11) is -4.19. The SMILES string of the molecule is Cc1cc(OCP(=O)(O)O)cc(C)c1Cc1ccc(O)c(C(C)C)c1.[Na]. The molecule has 0 bridgehead atoms. The summed E-state index contributed by atoms with van der Waals surface area (Å²) in [5, 5.41) is 9.96. The molecule has 3 N–H and O–H groups in total. The molecule has 2 aromatic rings. The zero-order chi connectivity index (χ0) is 18.8. The summed E-state index contributed by atoms with van der Waals surface area (Å²) >= 11 is 0. The van der Waals surface area contributed by atoms with Gasteiger partial charge in [0, 0.05) is 29.6 Å². The molecule has 0 aliphatic heterocycles. The Hall–Kier alpha value is -0.810. The van der Waals surface area contributed by atoms with Gasteiger partial charge in [-0.1, -0.05) is 26.0 Å². The molecule has 0 heterocycles. The van der Waals surface area contributed by atoms with Gasteiger partial charge >= 0.3 is 7.60 Å². The smallest absolute Gasteiger partial charge is 0.362 e. The van der Waals surface area contributed by atoms with Crippen LogP contribution in [-0.4, -0.2) is 50.8 Å². The zero-order valence-corrected chi connectivity index (χ0v) is 18.9. The maximum Gasteiger partial charge on any atom is 0.362 e. The molecule has 1 radical (unpaired) electrons. The summed E-state index contributed by atoms with van der Waals surface area (Å²) in [6.45, 7) is 8.00. The van der Waals surface area contributed by atoms with Crippen LogP contribution < -0.4 is 4.74 Å². The Bertz CT molecular complexity index is 791. The van der Waals surface area contributed by atoms with Crippen molar-refractivity contribution in [3.8, 4) is 11.5 Å². The zero-order valence-electron chi connectivity index (χ0n) is 16.0. The van der Waals surface area contributed by atoms with Crippen molar-refractivity contribution in [2.45, 2.75) is 40.0 Å². The van der Waals surface area contributed by atoms with Gasteiger partial charge in [0.2, 0.25) is 0 Å². The number of benzene rings is 2. The van der Waals surface area contributed by atoms with E-state index in [-0.39, 0.29) is 35.5 Å². The largest absolute Gasteiger partial charge is 0.508 e. The molecular formula is C19H25NaO5P. The van der Waals surface area contributed by atoms with Crippen molar-refractivity contribution < 1.29 is 24.2 Å². The van der Waals surface area contributed by atoms with Gasteiger partial charge in [0.15, 0.2) is 6.35 Å². The average Bonchev–Trinajstić information content (AvgIpc) is 2.49. The van der Waals surface area contributed by atoms with Crippen LogP contribution in [0.15, 0.2) is 30.3 Å². The summed E-state index contributed by atoms with van der Waals surface area (Å²) in [5.41, 5.74) is 5.18. The maximum atomic E-state index is 10.9. The fraction of sp³-hybridized carbons (Fsp3) is 0.368. The van der Waals surface area contributed by atoms with E-state index in [2.05, 4.69) is 0 Å². The van der Waals surface area contributed by atoms with E-state index in [0.717, 1.165) is 34.2 Å². The molecule has 0 amide bonds. The normalized spacial score (nSPS) is 11.3. The molecule has 0 aliphatic rings. The van der Waals surface area contributed by atoms with Crippen LogP contribution in [0.25, 0.3) is 0 Å². The third-order valence-electron chi connectivity index (χ3n) is 4.16. The van der Waals surface area contributed by atoms with Crippen LogP contribution in [0.4, 0.5) is 0 Å². The van der Waals surface area contributed by atoms with Gasteiger partial charge in [-0.25, -0.2) is 0 Å². The molecule has 0 saturated carbocycles. The van der Waals surface area contributed by atoms with Crippen molar-refractivity contribution in [3.05, 3.63) is 58.1 Å². The first-order valence-corrected chi connectivity index (χ1v) is 9.96. The van der Waals surface area contributed by atoms with E-state index in [0.29, 0.717) is 11.5 Å². The van der Waals surface area contributed by atoms with E-state index in [4.69, 9.17) is 14.5 Å². The Morgan fingerprint density at radius 1 is 1.08 bits per heavy atom. The molecule has 0 atom stereocenters. The first-order chi connectivity index (χ1) is 11.6. The molecule has 0 aromatic heterocycles. The van der Waals surface area contributed by atoms with Crippen molar-refractivity contribution in [1.29, 1.82) is 0 Å². The fourth-order valence-corrected chi connectivity index (χ4v) is 3.17. The van der Waals surface area contributed by atoms with Crippen molar-refractivity contribution in [2.24, 2.45) is 0 Å². The standard InChI is InChI=1S/C19H25O5P.Na/c1-12(2)17-9-15(5-6-19(17)20)10-18-13(3)7-16(8-14(18)4)24-11-25(21,22)23;/h5-9,12,20H,10-11H2,1-4H3,(H2,21,22,23);. The Morgan fingerprint density at radius 3 is 2.15 bits per heavy atom. The van der Waals surface area contributed by atoms with Gasteiger partial charge < -0.3 is 19.6 Å². The van der Waals surface area contributed by atoms with E-state index in [9.17, 15) is 9.67 Å². The van der Waals surface area contributed by atoms with E-state index in [1.807, 2.05) is 39.8 Å². The Kier molecular flexibility index (Phi) is 8.40. The Morgan fingerprint density at radius 2 is 1.65 bits per heavy atom. The second kappa shape index (κ2) is 9.41. The van der Waals surface area contributed by atoms with Crippen molar-refractivity contribution in [3.63, 3.8) is 0 Å². The molecule has 26 heavy (non-hydrogen) atoms. The summed E-state index contributed by atoms with van der Waals surface area (Å²) in [5.74, 6) is 1.01. The number of hydrogen-bond acceptors (Lipinski definition) is 3. The molecule has 2 rings (SSSR count). The average molecular weight is 387 g/mol. The first kappa shape index (κ1) is 23.2. The number of aryl methyl sites for hydroxylation is 2. The summed E-state index contributed by atoms with van der Waals surface area (Å²) in [6, 6.07) is 9.26. The van der Waals surface area contributed by atoms with Crippen LogP contribution in [0.2, 0.25) is 0 Å². The number of aromatic hydroxyl groups is 1. The molecule has 5 nitrogen and oxygen atoms in total. The molecule has 0 unspecified atom stereocenters. The quantitative estimate of drug-likeness (QED) is 0.518. The molecule has 7 heteroatoms. The molecule has 137 valence electrons. The van der Waals surface area contributed by atoms with Gasteiger partial charge in [0.05, 0.1) is 0 Å². The fourth-order valence-electron chi connectivity index (χ4n) is 2.85. The van der Waals surface area contributed by atoms with Gasteiger partial charge in [-0.3, -0.25) is 4.57 Å². The molecule has 0 aliphatic carbocycles. The Labute approximate surface area is 176 Å². The number of rotatable bonds is 6. The molecule has 0 fully saturated rings. The molecule has 2 aromatic carbocycles. The van der Waals surface area contributed by atoms with Crippen LogP contribution in [-0.2, 0) is 11.0 Å². The predicted octanol–water partition coefficient (Wildman–Crippen LogP) is 3.86. The van der Waals surface area contributed by atoms with E-state index in [1.54, 1.807) is 18.2 Å². The summed E-state index contributed by atoms with van der Waals surface area (Å²) < 4.78 is 16.2. The van der Waals surface area contributed by atoms with E-state index in [1.165, 1.54) is 0 Å². The summed E-state index contributed by atoms with van der Waals surface area (Å²) in [6.07, 6.45) is 0.0946. The molecular weight excluding hydrogens is 362 g/mol. The number of phenolic OH excluding ortho intramolecular Hbond substituents is 1. The van der Waals surface area contributed by atoms with Crippen LogP contribution in [0.1, 0.15) is 47.6 Å². The van der Waals surface area contributed by atoms with Gasteiger partial charge in [-0.05, 0) is 72.2 Å². The second-order valence-electron chi connectivity index (χ2n) is 6.70. The number of ether oxygens (including phenoxy) is 1. The maximum absolute atomic E-state index is 10.9. The molecule has 0 saturated heterocycles. The van der Waals surface area contributed by atoms with Crippen molar-refractivity contribution in [2.75, 3.05) is 6.35 Å². The first-order valence-electron chi connectivity index (χ1n) is 8.16. The van der Waals surface area contributed by atoms with Gasteiger partial charge in [-0.15, -0.1) is 0 Å². The summed E-state index contributed by atoms with van der Waals surface area (Å²) in [4.78, 5) is 17.9. The minimum absolute atomic E-state index is 0. The van der Waals surface area contributed by atoms with Crippen LogP contribution in [0.5, 0.6) is 11.5 Å². The predicted molar refractivity (Wildman–Crippen MR) is 104 cm³/mol. The van der Waals surface area contributed by atoms with Crippen LogP contribution in [0.3, 0.4) is 0 Å². The third-order valence-corrected chi connectivity index (χ3v) is 4.63.